The number of hydrogen-bond donors (Lipinski definition) is 2. The van der Waals surface area contributed by atoms with E-state index in [1.807, 2.05) is 17.5 Å². The van der Waals surface area contributed by atoms with Crippen molar-refractivity contribution in [2.24, 2.45) is 5.10 Å². The maximum Gasteiger partial charge on any atom is 0.348 e. The fourth-order valence-electron chi connectivity index (χ4n) is 2.85. The summed E-state index contributed by atoms with van der Waals surface area (Å²) in [5, 5.41) is 16.7. The van der Waals surface area contributed by atoms with E-state index in [1.165, 1.54) is 30.1 Å². The average Bonchev–Trinajstić information content (AvgIpc) is 3.38. The van der Waals surface area contributed by atoms with Crippen molar-refractivity contribution < 1.29 is 19.4 Å². The number of nitrogens with zero attached hydrogens (tertiary/aromatic N) is 1. The van der Waals surface area contributed by atoms with E-state index in [0.29, 0.717) is 21.0 Å². The summed E-state index contributed by atoms with van der Waals surface area (Å²) in [7, 11) is 1.29. The Kier molecular flexibility index (Phi) is 6.62. The zero-order valence-corrected chi connectivity index (χ0v) is 19.6. The first-order valence-corrected chi connectivity index (χ1v) is 11.3. The van der Waals surface area contributed by atoms with Gasteiger partial charge >= 0.3 is 5.97 Å². The SMILES string of the molecule is COC(=O)c1ccc(C(=O)N/N=C(/C)c2csc(-c3ccc(C(C)(C)C)cc3)c2O)s1. The van der Waals surface area contributed by atoms with Crippen LogP contribution in [-0.2, 0) is 10.2 Å². The monoisotopic (exact) mass is 456 g/mol. The highest BCUT2D eigenvalue weighted by molar-refractivity contribution is 7.16. The molecule has 0 unspecified atom stereocenters. The third-order valence-electron chi connectivity index (χ3n) is 4.71. The second-order valence-corrected chi connectivity index (χ2v) is 9.91. The molecule has 0 fully saturated rings. The fourth-order valence-corrected chi connectivity index (χ4v) is 4.68. The number of carbonyl (C=O) groups is 2. The van der Waals surface area contributed by atoms with Crippen LogP contribution in [0.1, 0.15) is 58.2 Å². The molecule has 2 aromatic heterocycles. The lowest BCUT2D eigenvalue weighted by Crippen LogP contribution is -2.18. The predicted octanol–water partition coefficient (Wildman–Crippen LogP) is 5.42. The van der Waals surface area contributed by atoms with Crippen molar-refractivity contribution in [3.8, 4) is 16.2 Å². The van der Waals surface area contributed by atoms with Gasteiger partial charge in [-0.1, -0.05) is 45.0 Å². The van der Waals surface area contributed by atoms with Crippen LogP contribution in [0.3, 0.4) is 0 Å². The molecule has 3 rings (SSSR count). The van der Waals surface area contributed by atoms with Gasteiger partial charge in [0.05, 0.1) is 28.1 Å². The van der Waals surface area contributed by atoms with Crippen molar-refractivity contribution in [3.63, 3.8) is 0 Å². The van der Waals surface area contributed by atoms with Crippen molar-refractivity contribution in [2.75, 3.05) is 7.11 Å². The van der Waals surface area contributed by atoms with Gasteiger partial charge in [0.1, 0.15) is 10.6 Å². The quantitative estimate of drug-likeness (QED) is 0.305. The van der Waals surface area contributed by atoms with E-state index in [0.717, 1.165) is 21.8 Å². The Labute approximate surface area is 189 Å². The highest BCUT2D eigenvalue weighted by atomic mass is 32.1. The molecular weight excluding hydrogens is 432 g/mol. The minimum absolute atomic E-state index is 0.0584. The first-order valence-electron chi connectivity index (χ1n) is 9.56. The fraction of sp³-hybridized carbons (Fsp3) is 0.261. The molecule has 0 aliphatic rings. The molecule has 8 heteroatoms. The Balaban J connectivity index is 1.75. The normalized spacial score (nSPS) is 12.0. The van der Waals surface area contributed by atoms with Crippen LogP contribution in [0.15, 0.2) is 46.9 Å². The predicted molar refractivity (Wildman–Crippen MR) is 125 cm³/mol. The molecule has 0 saturated carbocycles. The molecule has 0 spiro atoms. The summed E-state index contributed by atoms with van der Waals surface area (Å²) in [6.07, 6.45) is 0. The molecule has 0 atom stereocenters. The van der Waals surface area contributed by atoms with Crippen molar-refractivity contribution in [3.05, 3.63) is 62.7 Å². The average molecular weight is 457 g/mol. The molecule has 3 aromatic rings. The first-order chi connectivity index (χ1) is 14.6. The van der Waals surface area contributed by atoms with Gasteiger partial charge in [-0.15, -0.1) is 22.7 Å². The minimum Gasteiger partial charge on any atom is -0.506 e. The molecule has 0 radical (unpaired) electrons. The lowest BCUT2D eigenvalue weighted by atomic mass is 9.86. The molecule has 162 valence electrons. The summed E-state index contributed by atoms with van der Waals surface area (Å²) < 4.78 is 4.65. The lowest BCUT2D eigenvalue weighted by molar-refractivity contribution is 0.0606. The molecule has 2 N–H and O–H groups in total. The van der Waals surface area contributed by atoms with Gasteiger partial charge in [-0.3, -0.25) is 4.79 Å². The molecule has 0 saturated heterocycles. The largest absolute Gasteiger partial charge is 0.506 e. The maximum atomic E-state index is 12.3. The number of benzene rings is 1. The van der Waals surface area contributed by atoms with Crippen LogP contribution in [0.5, 0.6) is 5.75 Å². The second kappa shape index (κ2) is 9.03. The van der Waals surface area contributed by atoms with Gasteiger partial charge in [0.25, 0.3) is 5.91 Å². The second-order valence-electron chi connectivity index (χ2n) is 7.95. The van der Waals surface area contributed by atoms with Crippen molar-refractivity contribution in [1.82, 2.24) is 5.43 Å². The Bertz CT molecular complexity index is 1140. The molecule has 31 heavy (non-hydrogen) atoms. The number of methoxy groups -OCH3 is 1. The smallest absolute Gasteiger partial charge is 0.348 e. The molecule has 1 aromatic carbocycles. The maximum absolute atomic E-state index is 12.3. The van der Waals surface area contributed by atoms with Gasteiger partial charge in [0.2, 0.25) is 0 Å². The number of aromatic hydroxyl groups is 1. The van der Waals surface area contributed by atoms with E-state index in [4.69, 9.17) is 0 Å². The first kappa shape index (κ1) is 22.7. The van der Waals surface area contributed by atoms with Crippen LogP contribution in [0, 0.1) is 0 Å². The standard InChI is InChI=1S/C23H24N2O4S2/c1-13(24-25-21(27)17-10-11-18(31-17)22(28)29-5)16-12-30-20(19(16)26)14-6-8-15(9-7-14)23(2,3)4/h6-12,26H,1-5H3,(H,25,27)/b24-13-. The van der Waals surface area contributed by atoms with E-state index >= 15 is 0 Å². The summed E-state index contributed by atoms with van der Waals surface area (Å²) >= 11 is 2.44. The summed E-state index contributed by atoms with van der Waals surface area (Å²) in [5.74, 6) is -0.796. The number of hydrazone groups is 1. The van der Waals surface area contributed by atoms with Crippen molar-refractivity contribution in [1.29, 1.82) is 0 Å². The Morgan fingerprint density at radius 3 is 2.32 bits per heavy atom. The van der Waals surface area contributed by atoms with Gasteiger partial charge in [-0.25, -0.2) is 10.2 Å². The van der Waals surface area contributed by atoms with Gasteiger partial charge in [0.15, 0.2) is 0 Å². The van der Waals surface area contributed by atoms with Crippen LogP contribution in [0.2, 0.25) is 0 Å². The number of esters is 1. The van der Waals surface area contributed by atoms with Gasteiger partial charge in [-0.2, -0.15) is 5.10 Å². The van der Waals surface area contributed by atoms with Crippen LogP contribution in [-0.4, -0.2) is 29.8 Å². The number of amides is 1. The topological polar surface area (TPSA) is 88.0 Å². The number of nitrogens with one attached hydrogen (secondary N) is 1. The molecule has 6 nitrogen and oxygen atoms in total. The third-order valence-corrected chi connectivity index (χ3v) is 6.79. The zero-order chi connectivity index (χ0) is 22.8. The Hall–Kier alpha value is -2.97. The molecular formula is C23H24N2O4S2. The third kappa shape index (κ3) is 5.03. The Morgan fingerprint density at radius 1 is 1.06 bits per heavy atom. The van der Waals surface area contributed by atoms with Crippen LogP contribution >= 0.6 is 22.7 Å². The Morgan fingerprint density at radius 2 is 1.71 bits per heavy atom. The zero-order valence-electron chi connectivity index (χ0n) is 18.0. The highest BCUT2D eigenvalue weighted by Gasteiger charge is 2.18. The number of hydrogen-bond acceptors (Lipinski definition) is 7. The van der Waals surface area contributed by atoms with E-state index in [-0.39, 0.29) is 11.2 Å². The molecule has 0 bridgehead atoms. The number of thiophene rings is 2. The molecule has 1 amide bonds. The van der Waals surface area contributed by atoms with Gasteiger partial charge < -0.3 is 9.84 Å². The summed E-state index contributed by atoms with van der Waals surface area (Å²) in [6.45, 7) is 8.18. The minimum atomic E-state index is -0.491. The van der Waals surface area contributed by atoms with Crippen molar-refractivity contribution in [2.45, 2.75) is 33.1 Å². The van der Waals surface area contributed by atoms with E-state index in [2.05, 4.69) is 48.2 Å². The van der Waals surface area contributed by atoms with E-state index in [1.54, 1.807) is 13.0 Å². The summed E-state index contributed by atoms with van der Waals surface area (Å²) in [6, 6.07) is 11.2. The van der Waals surface area contributed by atoms with E-state index in [9.17, 15) is 14.7 Å². The van der Waals surface area contributed by atoms with Crippen molar-refractivity contribution >= 4 is 40.3 Å². The van der Waals surface area contributed by atoms with Gasteiger partial charge in [0, 0.05) is 5.38 Å². The summed E-state index contributed by atoms with van der Waals surface area (Å²) in [4.78, 5) is 25.3. The van der Waals surface area contributed by atoms with Crippen LogP contribution in [0.4, 0.5) is 0 Å². The lowest BCUT2D eigenvalue weighted by Gasteiger charge is -2.19. The van der Waals surface area contributed by atoms with Crippen LogP contribution in [0.25, 0.3) is 10.4 Å². The summed E-state index contributed by atoms with van der Waals surface area (Å²) in [5.41, 5.74) is 5.70. The number of ether oxygens (including phenoxy) is 1. The van der Waals surface area contributed by atoms with E-state index < -0.39 is 11.9 Å². The highest BCUT2D eigenvalue weighted by Crippen LogP contribution is 2.39. The molecule has 2 heterocycles. The number of carbonyl (C=O) groups excluding carboxylic acids is 2. The number of rotatable bonds is 5. The molecule has 0 aliphatic carbocycles. The van der Waals surface area contributed by atoms with Crippen LogP contribution < -0.4 is 5.43 Å². The molecule has 0 aliphatic heterocycles. The van der Waals surface area contributed by atoms with Gasteiger partial charge in [-0.05, 0) is 35.6 Å².